The molecule has 162 valence electrons. The summed E-state index contributed by atoms with van der Waals surface area (Å²) in [6, 6.07) is 6.25. The average molecular weight is 420 g/mol. The van der Waals surface area contributed by atoms with E-state index in [2.05, 4.69) is 42.2 Å². The van der Waals surface area contributed by atoms with Gasteiger partial charge in [0.15, 0.2) is 0 Å². The van der Waals surface area contributed by atoms with E-state index in [4.69, 9.17) is 9.72 Å². The van der Waals surface area contributed by atoms with Crippen LogP contribution in [0.25, 0.3) is 10.9 Å². The van der Waals surface area contributed by atoms with Crippen molar-refractivity contribution in [1.82, 2.24) is 19.9 Å². The fraction of sp³-hybridized carbons (Fsp3) is 0.478. The molecule has 5 rings (SSSR count). The zero-order chi connectivity index (χ0) is 21.0. The Morgan fingerprint density at radius 3 is 2.58 bits per heavy atom. The summed E-state index contributed by atoms with van der Waals surface area (Å²) in [5, 5.41) is 4.52. The van der Waals surface area contributed by atoms with Crippen molar-refractivity contribution in [2.75, 3.05) is 61.1 Å². The van der Waals surface area contributed by atoms with Crippen LogP contribution in [0.1, 0.15) is 18.4 Å². The molecular formula is C23H29N7O. The normalized spacial score (nSPS) is 17.8. The Kier molecular flexibility index (Phi) is 5.80. The van der Waals surface area contributed by atoms with Gasteiger partial charge in [0, 0.05) is 62.8 Å². The van der Waals surface area contributed by atoms with Gasteiger partial charge in [-0.05, 0) is 43.4 Å². The molecule has 8 heteroatoms. The molecule has 3 aromatic rings. The van der Waals surface area contributed by atoms with Crippen LogP contribution in [0.15, 0.2) is 36.8 Å². The maximum Gasteiger partial charge on any atom is 0.222 e. The largest absolute Gasteiger partial charge is 0.378 e. The number of piperidine rings is 1. The average Bonchev–Trinajstić information content (AvgIpc) is 2.84. The van der Waals surface area contributed by atoms with Crippen LogP contribution >= 0.6 is 0 Å². The molecule has 8 nitrogen and oxygen atoms in total. The summed E-state index contributed by atoms with van der Waals surface area (Å²) in [6.07, 6.45) is 7.79. The number of hydrogen-bond donors (Lipinski definition) is 1. The predicted octanol–water partition coefficient (Wildman–Crippen LogP) is 2.89. The lowest BCUT2D eigenvalue weighted by molar-refractivity contribution is 0.122. The lowest BCUT2D eigenvalue weighted by atomic mass is 9.96. The summed E-state index contributed by atoms with van der Waals surface area (Å²) in [7, 11) is 0. The van der Waals surface area contributed by atoms with E-state index in [9.17, 15) is 0 Å². The Bertz CT molecular complexity index is 1010. The standard InChI is InChI=1S/C23H29N7O/c1-17-14-25-23(26-15-17)27-16-18-4-7-30(8-5-18)22-19-3-2-6-24-20(19)13-21(28-22)29-9-11-31-12-10-29/h2-3,6,13-15,18H,4-5,7-12,16H2,1H3,(H,25,26,27). The summed E-state index contributed by atoms with van der Waals surface area (Å²) < 4.78 is 5.52. The van der Waals surface area contributed by atoms with Crippen molar-refractivity contribution in [3.63, 3.8) is 0 Å². The number of aromatic nitrogens is 4. The number of nitrogens with one attached hydrogen (secondary N) is 1. The van der Waals surface area contributed by atoms with Crippen molar-refractivity contribution in [3.05, 3.63) is 42.4 Å². The minimum Gasteiger partial charge on any atom is -0.378 e. The van der Waals surface area contributed by atoms with Crippen LogP contribution in [0.2, 0.25) is 0 Å². The van der Waals surface area contributed by atoms with E-state index < -0.39 is 0 Å². The Labute approximate surface area is 182 Å². The number of anilines is 3. The van der Waals surface area contributed by atoms with Gasteiger partial charge < -0.3 is 19.9 Å². The van der Waals surface area contributed by atoms with Crippen LogP contribution in [-0.4, -0.2) is 65.9 Å². The van der Waals surface area contributed by atoms with E-state index in [-0.39, 0.29) is 0 Å². The molecular weight excluding hydrogens is 390 g/mol. The van der Waals surface area contributed by atoms with E-state index in [1.807, 2.05) is 31.6 Å². The third-order valence-electron chi connectivity index (χ3n) is 6.14. The highest BCUT2D eigenvalue weighted by atomic mass is 16.5. The Hall–Kier alpha value is -3.00. The molecule has 0 amide bonds. The van der Waals surface area contributed by atoms with Gasteiger partial charge in [-0.3, -0.25) is 4.98 Å². The second-order valence-corrected chi connectivity index (χ2v) is 8.37. The van der Waals surface area contributed by atoms with Crippen molar-refractivity contribution in [3.8, 4) is 0 Å². The van der Waals surface area contributed by atoms with Crippen LogP contribution in [0, 0.1) is 12.8 Å². The van der Waals surface area contributed by atoms with Gasteiger partial charge >= 0.3 is 0 Å². The third kappa shape index (κ3) is 4.54. The number of hydrogen-bond acceptors (Lipinski definition) is 8. The van der Waals surface area contributed by atoms with Crippen molar-refractivity contribution in [1.29, 1.82) is 0 Å². The Balaban J connectivity index is 1.29. The molecule has 0 spiro atoms. The fourth-order valence-electron chi connectivity index (χ4n) is 4.31. The van der Waals surface area contributed by atoms with Crippen molar-refractivity contribution < 1.29 is 4.74 Å². The number of aryl methyl sites for hydroxylation is 1. The quantitative estimate of drug-likeness (QED) is 0.676. The minimum absolute atomic E-state index is 0.605. The molecule has 0 saturated carbocycles. The first-order valence-electron chi connectivity index (χ1n) is 11.1. The lowest BCUT2D eigenvalue weighted by Gasteiger charge is -2.34. The third-order valence-corrected chi connectivity index (χ3v) is 6.14. The summed E-state index contributed by atoms with van der Waals surface area (Å²) in [4.78, 5) is 23.2. The molecule has 0 aromatic carbocycles. The summed E-state index contributed by atoms with van der Waals surface area (Å²) in [6.45, 7) is 8.14. The number of nitrogens with zero attached hydrogens (tertiary/aromatic N) is 6. The molecule has 0 bridgehead atoms. The van der Waals surface area contributed by atoms with Gasteiger partial charge in [-0.1, -0.05) is 0 Å². The molecule has 2 fully saturated rings. The van der Waals surface area contributed by atoms with Crippen LogP contribution in [0.4, 0.5) is 17.6 Å². The maximum absolute atomic E-state index is 5.52. The second kappa shape index (κ2) is 9.01. The highest BCUT2D eigenvalue weighted by Gasteiger charge is 2.23. The van der Waals surface area contributed by atoms with Gasteiger partial charge in [0.2, 0.25) is 5.95 Å². The molecule has 0 aliphatic carbocycles. The second-order valence-electron chi connectivity index (χ2n) is 8.37. The first-order chi connectivity index (χ1) is 15.3. The number of ether oxygens (including phenoxy) is 1. The lowest BCUT2D eigenvalue weighted by Crippen LogP contribution is -2.38. The SMILES string of the molecule is Cc1cnc(NCC2CCN(c3nc(N4CCOCC4)cc4ncccc34)CC2)nc1. The maximum atomic E-state index is 5.52. The number of morpholine rings is 1. The summed E-state index contributed by atoms with van der Waals surface area (Å²) in [5.41, 5.74) is 2.08. The zero-order valence-electron chi connectivity index (χ0n) is 18.0. The van der Waals surface area contributed by atoms with E-state index >= 15 is 0 Å². The molecule has 31 heavy (non-hydrogen) atoms. The van der Waals surface area contributed by atoms with Crippen LogP contribution in [0.3, 0.4) is 0 Å². The molecule has 0 unspecified atom stereocenters. The Morgan fingerprint density at radius 2 is 1.81 bits per heavy atom. The fourth-order valence-corrected chi connectivity index (χ4v) is 4.31. The number of rotatable bonds is 5. The molecule has 3 aromatic heterocycles. The van der Waals surface area contributed by atoms with Crippen molar-refractivity contribution in [2.45, 2.75) is 19.8 Å². The van der Waals surface area contributed by atoms with Crippen LogP contribution in [-0.2, 0) is 4.74 Å². The first kappa shape index (κ1) is 19.9. The van der Waals surface area contributed by atoms with Crippen molar-refractivity contribution >= 4 is 28.5 Å². The van der Waals surface area contributed by atoms with E-state index in [1.54, 1.807) is 0 Å². The van der Waals surface area contributed by atoms with Gasteiger partial charge in [0.25, 0.3) is 0 Å². The van der Waals surface area contributed by atoms with Crippen LogP contribution < -0.4 is 15.1 Å². The molecule has 2 aliphatic heterocycles. The highest BCUT2D eigenvalue weighted by molar-refractivity contribution is 5.91. The van der Waals surface area contributed by atoms with Gasteiger partial charge in [-0.25, -0.2) is 15.0 Å². The smallest absolute Gasteiger partial charge is 0.222 e. The van der Waals surface area contributed by atoms with Gasteiger partial charge in [-0.2, -0.15) is 0 Å². The van der Waals surface area contributed by atoms with Gasteiger partial charge in [0.05, 0.1) is 18.7 Å². The monoisotopic (exact) mass is 419 g/mol. The van der Waals surface area contributed by atoms with Crippen LogP contribution in [0.5, 0.6) is 0 Å². The van der Waals surface area contributed by atoms with E-state index in [0.717, 1.165) is 86.9 Å². The van der Waals surface area contributed by atoms with Gasteiger partial charge in [-0.15, -0.1) is 0 Å². The summed E-state index contributed by atoms with van der Waals surface area (Å²) in [5.74, 6) is 3.38. The molecule has 1 N–H and O–H groups in total. The summed E-state index contributed by atoms with van der Waals surface area (Å²) >= 11 is 0. The molecule has 2 aliphatic rings. The van der Waals surface area contributed by atoms with E-state index in [1.165, 1.54) is 0 Å². The highest BCUT2D eigenvalue weighted by Crippen LogP contribution is 2.31. The van der Waals surface area contributed by atoms with E-state index in [0.29, 0.717) is 11.9 Å². The number of fused-ring (bicyclic) bond motifs is 1. The molecule has 2 saturated heterocycles. The topological polar surface area (TPSA) is 79.3 Å². The first-order valence-corrected chi connectivity index (χ1v) is 11.1. The Morgan fingerprint density at radius 1 is 1.03 bits per heavy atom. The van der Waals surface area contributed by atoms with Crippen molar-refractivity contribution in [2.24, 2.45) is 5.92 Å². The van der Waals surface area contributed by atoms with Gasteiger partial charge in [0.1, 0.15) is 11.6 Å². The number of pyridine rings is 2. The molecule has 0 atom stereocenters. The predicted molar refractivity (Wildman–Crippen MR) is 123 cm³/mol. The minimum atomic E-state index is 0.605. The molecule has 0 radical (unpaired) electrons. The molecule has 5 heterocycles. The zero-order valence-corrected chi connectivity index (χ0v) is 18.0.